The highest BCUT2D eigenvalue weighted by Crippen LogP contribution is 2.46. The van der Waals surface area contributed by atoms with Gasteiger partial charge >= 0.3 is 0 Å². The summed E-state index contributed by atoms with van der Waals surface area (Å²) in [5.74, 6) is 1.97. The predicted molar refractivity (Wildman–Crippen MR) is 76.5 cm³/mol. The molecule has 0 amide bonds. The van der Waals surface area contributed by atoms with Gasteiger partial charge in [0.15, 0.2) is 0 Å². The Bertz CT molecular complexity index is 443. The summed E-state index contributed by atoms with van der Waals surface area (Å²) in [5, 5.41) is 11.0. The summed E-state index contributed by atoms with van der Waals surface area (Å²) in [6.07, 6.45) is 6.39. The Balaban J connectivity index is 1.81. The van der Waals surface area contributed by atoms with E-state index in [2.05, 4.69) is 25.1 Å². The van der Waals surface area contributed by atoms with Crippen molar-refractivity contribution < 1.29 is 9.84 Å². The minimum absolute atomic E-state index is 0.441. The summed E-state index contributed by atoms with van der Waals surface area (Å²) in [6, 6.07) is 8.33. The Morgan fingerprint density at radius 3 is 3.00 bits per heavy atom. The third kappa shape index (κ3) is 2.38. The number of fused-ring (bicyclic) bond motifs is 1. The fraction of sp³-hybridized carbons (Fsp3) is 0.647. The molecular formula is C17H24O2. The average molecular weight is 260 g/mol. The van der Waals surface area contributed by atoms with Gasteiger partial charge < -0.3 is 9.84 Å². The molecule has 0 spiro atoms. The molecule has 0 radical (unpaired) electrons. The van der Waals surface area contributed by atoms with Crippen LogP contribution in [0.15, 0.2) is 24.3 Å². The zero-order valence-electron chi connectivity index (χ0n) is 11.8. The summed E-state index contributed by atoms with van der Waals surface area (Å²) >= 11 is 0. The van der Waals surface area contributed by atoms with Crippen LogP contribution in [0, 0.1) is 5.92 Å². The SMILES string of the molecule is CCC1CCCC1(O)CC1CCOc2ccccc21. The Morgan fingerprint density at radius 2 is 2.16 bits per heavy atom. The van der Waals surface area contributed by atoms with Gasteiger partial charge in [0.2, 0.25) is 0 Å². The number of rotatable bonds is 3. The fourth-order valence-electron chi connectivity index (χ4n) is 4.03. The topological polar surface area (TPSA) is 29.5 Å². The molecule has 1 heterocycles. The molecule has 1 aliphatic heterocycles. The van der Waals surface area contributed by atoms with E-state index in [4.69, 9.17) is 4.74 Å². The second-order valence-corrected chi connectivity index (χ2v) is 6.18. The smallest absolute Gasteiger partial charge is 0.122 e. The van der Waals surface area contributed by atoms with Crippen LogP contribution in [0.2, 0.25) is 0 Å². The van der Waals surface area contributed by atoms with Crippen molar-refractivity contribution >= 4 is 0 Å². The van der Waals surface area contributed by atoms with Crippen molar-refractivity contribution in [1.29, 1.82) is 0 Å². The standard InChI is InChI=1S/C17H24O2/c1-2-14-6-5-10-17(14,18)12-13-9-11-19-16-8-4-3-7-15(13)16/h3-4,7-8,13-14,18H,2,5-6,9-12H2,1H3. The molecule has 2 nitrogen and oxygen atoms in total. The second-order valence-electron chi connectivity index (χ2n) is 6.18. The van der Waals surface area contributed by atoms with E-state index in [-0.39, 0.29) is 0 Å². The number of hydrogen-bond acceptors (Lipinski definition) is 2. The Morgan fingerprint density at radius 1 is 1.32 bits per heavy atom. The van der Waals surface area contributed by atoms with Gasteiger partial charge in [-0.05, 0) is 49.1 Å². The third-order valence-electron chi connectivity index (χ3n) is 5.10. The average Bonchev–Trinajstić information content (AvgIpc) is 2.80. The molecule has 1 saturated carbocycles. The zero-order chi connectivity index (χ0) is 13.3. The van der Waals surface area contributed by atoms with Crippen LogP contribution in [0.5, 0.6) is 5.75 Å². The van der Waals surface area contributed by atoms with Crippen LogP contribution >= 0.6 is 0 Å². The van der Waals surface area contributed by atoms with E-state index in [1.807, 2.05) is 6.07 Å². The molecule has 0 aromatic heterocycles. The maximum Gasteiger partial charge on any atom is 0.122 e. The summed E-state index contributed by atoms with van der Waals surface area (Å²) in [7, 11) is 0. The van der Waals surface area contributed by atoms with Gasteiger partial charge in [-0.15, -0.1) is 0 Å². The molecule has 1 aromatic carbocycles. The van der Waals surface area contributed by atoms with Crippen molar-refractivity contribution in [3.63, 3.8) is 0 Å². The van der Waals surface area contributed by atoms with Crippen molar-refractivity contribution in [2.75, 3.05) is 6.61 Å². The molecule has 104 valence electrons. The van der Waals surface area contributed by atoms with Crippen LogP contribution in [-0.2, 0) is 0 Å². The molecule has 1 aliphatic carbocycles. The molecule has 0 saturated heterocycles. The van der Waals surface area contributed by atoms with Gasteiger partial charge in [-0.1, -0.05) is 38.0 Å². The molecule has 0 bridgehead atoms. The van der Waals surface area contributed by atoms with Crippen LogP contribution in [-0.4, -0.2) is 17.3 Å². The number of benzene rings is 1. The summed E-state index contributed by atoms with van der Waals surface area (Å²) in [4.78, 5) is 0. The Hall–Kier alpha value is -1.02. The predicted octanol–water partition coefficient (Wildman–Crippen LogP) is 3.88. The number of ether oxygens (including phenoxy) is 1. The highest BCUT2D eigenvalue weighted by atomic mass is 16.5. The van der Waals surface area contributed by atoms with Crippen LogP contribution < -0.4 is 4.74 Å². The number of hydrogen-bond donors (Lipinski definition) is 1. The number of para-hydroxylation sites is 1. The fourth-order valence-corrected chi connectivity index (χ4v) is 4.03. The molecule has 1 aromatic rings. The van der Waals surface area contributed by atoms with Gasteiger partial charge in [-0.2, -0.15) is 0 Å². The minimum Gasteiger partial charge on any atom is -0.493 e. The largest absolute Gasteiger partial charge is 0.493 e. The highest BCUT2D eigenvalue weighted by Gasteiger charge is 2.42. The first-order chi connectivity index (χ1) is 9.23. The van der Waals surface area contributed by atoms with Crippen molar-refractivity contribution in [3.8, 4) is 5.75 Å². The first-order valence-electron chi connectivity index (χ1n) is 7.67. The molecule has 3 unspecified atom stereocenters. The Labute approximate surface area is 115 Å². The maximum absolute atomic E-state index is 11.0. The monoisotopic (exact) mass is 260 g/mol. The van der Waals surface area contributed by atoms with E-state index in [1.165, 1.54) is 18.4 Å². The molecule has 1 fully saturated rings. The quantitative estimate of drug-likeness (QED) is 0.893. The lowest BCUT2D eigenvalue weighted by molar-refractivity contribution is -0.0160. The summed E-state index contributed by atoms with van der Waals surface area (Å²) < 4.78 is 5.72. The van der Waals surface area contributed by atoms with Crippen LogP contribution in [0.1, 0.15) is 56.9 Å². The van der Waals surface area contributed by atoms with E-state index in [1.54, 1.807) is 0 Å². The molecular weight excluding hydrogens is 236 g/mol. The van der Waals surface area contributed by atoms with Crippen LogP contribution in [0.4, 0.5) is 0 Å². The summed E-state index contributed by atoms with van der Waals surface area (Å²) in [5.41, 5.74) is 0.855. The van der Waals surface area contributed by atoms with Crippen molar-refractivity contribution in [2.45, 2.75) is 57.0 Å². The number of aliphatic hydroxyl groups is 1. The molecule has 3 atom stereocenters. The van der Waals surface area contributed by atoms with E-state index in [0.717, 1.165) is 38.0 Å². The van der Waals surface area contributed by atoms with Crippen molar-refractivity contribution in [1.82, 2.24) is 0 Å². The third-order valence-corrected chi connectivity index (χ3v) is 5.10. The van der Waals surface area contributed by atoms with E-state index in [0.29, 0.717) is 11.8 Å². The van der Waals surface area contributed by atoms with Gasteiger partial charge in [0, 0.05) is 0 Å². The van der Waals surface area contributed by atoms with Crippen LogP contribution in [0.25, 0.3) is 0 Å². The lowest BCUT2D eigenvalue weighted by atomic mass is 9.77. The lowest BCUT2D eigenvalue weighted by Gasteiger charge is -2.35. The zero-order valence-corrected chi connectivity index (χ0v) is 11.8. The van der Waals surface area contributed by atoms with Crippen LogP contribution in [0.3, 0.4) is 0 Å². The second kappa shape index (κ2) is 5.16. The molecule has 1 N–H and O–H groups in total. The van der Waals surface area contributed by atoms with Crippen molar-refractivity contribution in [2.24, 2.45) is 5.92 Å². The van der Waals surface area contributed by atoms with Crippen molar-refractivity contribution in [3.05, 3.63) is 29.8 Å². The Kier molecular flexibility index (Phi) is 3.53. The minimum atomic E-state index is -0.441. The van der Waals surface area contributed by atoms with Gasteiger partial charge in [-0.25, -0.2) is 0 Å². The van der Waals surface area contributed by atoms with Gasteiger partial charge in [0.05, 0.1) is 12.2 Å². The van der Waals surface area contributed by atoms with E-state index >= 15 is 0 Å². The van der Waals surface area contributed by atoms with Gasteiger partial charge in [0.25, 0.3) is 0 Å². The maximum atomic E-state index is 11.0. The molecule has 19 heavy (non-hydrogen) atoms. The van der Waals surface area contributed by atoms with Gasteiger partial charge in [0.1, 0.15) is 5.75 Å². The first-order valence-corrected chi connectivity index (χ1v) is 7.67. The molecule has 2 aliphatic rings. The molecule has 2 heteroatoms. The lowest BCUT2D eigenvalue weighted by Crippen LogP contribution is -2.35. The molecule has 3 rings (SSSR count). The normalized spacial score (nSPS) is 33.8. The van der Waals surface area contributed by atoms with Gasteiger partial charge in [-0.3, -0.25) is 0 Å². The first kappa shape index (κ1) is 13.0. The van der Waals surface area contributed by atoms with E-state index < -0.39 is 5.60 Å². The summed E-state index contributed by atoms with van der Waals surface area (Å²) in [6.45, 7) is 2.99. The highest BCUT2D eigenvalue weighted by molar-refractivity contribution is 5.38. The van der Waals surface area contributed by atoms with E-state index in [9.17, 15) is 5.11 Å².